The van der Waals surface area contributed by atoms with Gasteiger partial charge in [-0.25, -0.2) is 9.97 Å². The second-order valence-electron chi connectivity index (χ2n) is 12.4. The number of rotatable bonds is 14. The Morgan fingerprint density at radius 1 is 1.00 bits per heavy atom. The van der Waals surface area contributed by atoms with Gasteiger partial charge in [0.15, 0.2) is 5.78 Å². The summed E-state index contributed by atoms with van der Waals surface area (Å²) in [4.78, 5) is 67.9. The first-order valence-corrected chi connectivity index (χ1v) is 16.4. The highest BCUT2D eigenvalue weighted by molar-refractivity contribution is 5.99. The van der Waals surface area contributed by atoms with Gasteiger partial charge in [-0.15, -0.1) is 0 Å². The third-order valence-corrected chi connectivity index (χ3v) is 9.15. The van der Waals surface area contributed by atoms with Gasteiger partial charge in [0, 0.05) is 62.8 Å². The molecular weight excluding hydrogens is 570 g/mol. The van der Waals surface area contributed by atoms with Crippen LogP contribution in [0, 0.1) is 6.92 Å². The minimum absolute atomic E-state index is 0.0148. The first-order valence-electron chi connectivity index (χ1n) is 16.4. The van der Waals surface area contributed by atoms with Crippen LogP contribution in [0.25, 0.3) is 11.0 Å². The lowest BCUT2D eigenvalue weighted by Gasteiger charge is -2.34. The number of hydrogen-bond acceptors (Lipinski definition) is 9. The van der Waals surface area contributed by atoms with E-state index >= 15 is 0 Å². The van der Waals surface area contributed by atoms with Crippen molar-refractivity contribution < 1.29 is 14.4 Å². The molecule has 0 aromatic carbocycles. The third kappa shape index (κ3) is 7.81. The fourth-order valence-electron chi connectivity index (χ4n) is 6.56. The van der Waals surface area contributed by atoms with Crippen molar-refractivity contribution in [3.8, 4) is 0 Å². The summed E-state index contributed by atoms with van der Waals surface area (Å²) in [7, 11) is 0. The molecule has 5 rings (SSSR count). The smallest absolute Gasteiger partial charge is 0.263 e. The van der Waals surface area contributed by atoms with E-state index in [-0.39, 0.29) is 28.9 Å². The van der Waals surface area contributed by atoms with Crippen LogP contribution in [0.1, 0.15) is 106 Å². The molecule has 1 saturated heterocycles. The zero-order chi connectivity index (χ0) is 31.9. The summed E-state index contributed by atoms with van der Waals surface area (Å²) >= 11 is 0. The molecule has 1 amide bonds. The zero-order valence-corrected chi connectivity index (χ0v) is 26.8. The van der Waals surface area contributed by atoms with E-state index in [1.54, 1.807) is 23.9 Å². The molecule has 1 saturated carbocycles. The number of aryl methyl sites for hydroxylation is 1. The first kappa shape index (κ1) is 32.4. The molecule has 0 spiro atoms. The van der Waals surface area contributed by atoms with Crippen LogP contribution in [-0.4, -0.2) is 73.0 Å². The van der Waals surface area contributed by atoms with Gasteiger partial charge in [0.25, 0.3) is 5.56 Å². The van der Waals surface area contributed by atoms with E-state index in [1.807, 2.05) is 24.0 Å². The lowest BCUT2D eigenvalue weighted by Crippen LogP contribution is -2.50. The van der Waals surface area contributed by atoms with Crippen LogP contribution in [0.3, 0.4) is 0 Å². The third-order valence-electron chi connectivity index (χ3n) is 9.15. The fraction of sp³-hybridized carbons (Fsp3) is 0.559. The van der Waals surface area contributed by atoms with Crippen molar-refractivity contribution in [1.82, 2.24) is 29.3 Å². The molecule has 11 heteroatoms. The number of carbonyl (C=O) groups is 3. The number of nitrogens with one attached hydrogen (secondary N) is 1. The number of unbranched alkanes of at least 4 members (excludes halogenated alkanes) is 3. The topological polar surface area (TPSA) is 130 Å². The lowest BCUT2D eigenvalue weighted by atomic mass is 10.0. The van der Waals surface area contributed by atoms with Gasteiger partial charge in [0.05, 0.1) is 12.1 Å². The molecule has 4 heterocycles. The fourth-order valence-corrected chi connectivity index (χ4v) is 6.56. The highest BCUT2D eigenvalue weighted by Gasteiger charge is 2.26. The quantitative estimate of drug-likeness (QED) is 0.194. The number of anilines is 2. The van der Waals surface area contributed by atoms with Crippen LogP contribution in [0.5, 0.6) is 0 Å². The predicted octanol–water partition coefficient (Wildman–Crippen LogP) is 5.13. The molecule has 3 aromatic heterocycles. The number of pyridine rings is 2. The van der Waals surface area contributed by atoms with Crippen molar-refractivity contribution in [1.29, 1.82) is 0 Å². The Morgan fingerprint density at radius 2 is 1.78 bits per heavy atom. The first-order chi connectivity index (χ1) is 21.7. The molecule has 0 bridgehead atoms. The molecule has 3 aromatic rings. The maximum absolute atomic E-state index is 13.5. The van der Waals surface area contributed by atoms with Crippen molar-refractivity contribution in [3.63, 3.8) is 0 Å². The Balaban J connectivity index is 1.18. The average molecular weight is 616 g/mol. The van der Waals surface area contributed by atoms with Crippen molar-refractivity contribution in [2.45, 2.75) is 97.6 Å². The summed E-state index contributed by atoms with van der Waals surface area (Å²) < 4.78 is 1.70. The number of nitrogens with zero attached hydrogens (tertiary/aromatic N) is 6. The van der Waals surface area contributed by atoms with Gasteiger partial charge >= 0.3 is 0 Å². The van der Waals surface area contributed by atoms with E-state index in [9.17, 15) is 19.2 Å². The Labute approximate surface area is 264 Å². The summed E-state index contributed by atoms with van der Waals surface area (Å²) in [6.45, 7) is 8.47. The monoisotopic (exact) mass is 615 g/mol. The molecule has 1 N–H and O–H groups in total. The molecule has 1 aliphatic carbocycles. The Bertz CT molecular complexity index is 1590. The standard InChI is InChI=1S/C34H45N7O4/c1-4-27(43)13-7-5-6-10-16-40-18-17-39(22-30(40)44)21-25-14-15-29(35-19-25)37-34-36-20-28-23(2)31(24(3)42)33(45)41(32(28)38-34)26-11-8-9-12-26/h14-15,19-20,26H,4-13,16-18,21-22H2,1-3H3,(H,35,36,37,38). The van der Waals surface area contributed by atoms with Crippen LogP contribution < -0.4 is 10.9 Å². The molecule has 0 atom stereocenters. The maximum Gasteiger partial charge on any atom is 0.263 e. The summed E-state index contributed by atoms with van der Waals surface area (Å²) in [5.74, 6) is 1.15. The molecular formula is C34H45N7O4. The molecule has 45 heavy (non-hydrogen) atoms. The number of ketones is 2. The summed E-state index contributed by atoms with van der Waals surface area (Å²) in [5.41, 5.74) is 2.09. The normalized spacial score (nSPS) is 16.1. The van der Waals surface area contributed by atoms with Crippen LogP contribution in [-0.2, 0) is 16.1 Å². The van der Waals surface area contributed by atoms with E-state index in [2.05, 4.69) is 20.2 Å². The Kier molecular flexibility index (Phi) is 10.7. The highest BCUT2D eigenvalue weighted by atomic mass is 16.2. The van der Waals surface area contributed by atoms with Crippen molar-refractivity contribution in [2.24, 2.45) is 0 Å². The van der Waals surface area contributed by atoms with Crippen LogP contribution in [0.15, 0.2) is 29.3 Å². The number of fused-ring (bicyclic) bond motifs is 1. The van der Waals surface area contributed by atoms with Crippen molar-refractivity contribution in [2.75, 3.05) is 31.5 Å². The van der Waals surface area contributed by atoms with Gasteiger partial charge < -0.3 is 10.2 Å². The van der Waals surface area contributed by atoms with E-state index in [1.165, 1.54) is 6.92 Å². The molecule has 1 aliphatic heterocycles. The van der Waals surface area contributed by atoms with Crippen molar-refractivity contribution in [3.05, 3.63) is 51.6 Å². The van der Waals surface area contributed by atoms with Crippen LogP contribution >= 0.6 is 0 Å². The van der Waals surface area contributed by atoms with Gasteiger partial charge in [-0.05, 0) is 56.7 Å². The molecule has 2 fully saturated rings. The number of aromatic nitrogens is 4. The summed E-state index contributed by atoms with van der Waals surface area (Å²) in [6, 6.07) is 3.86. The molecule has 240 valence electrons. The number of hydrogen-bond donors (Lipinski definition) is 1. The zero-order valence-electron chi connectivity index (χ0n) is 26.8. The largest absolute Gasteiger partial charge is 0.340 e. The van der Waals surface area contributed by atoms with Gasteiger partial charge in [-0.3, -0.25) is 28.6 Å². The minimum Gasteiger partial charge on any atom is -0.340 e. The Hall–Kier alpha value is -3.99. The van der Waals surface area contributed by atoms with E-state index < -0.39 is 0 Å². The van der Waals surface area contributed by atoms with E-state index in [0.717, 1.165) is 76.6 Å². The number of piperazine rings is 1. The minimum atomic E-state index is -0.276. The van der Waals surface area contributed by atoms with E-state index in [4.69, 9.17) is 4.98 Å². The SMILES string of the molecule is CCC(=O)CCCCCCN1CCN(Cc2ccc(Nc3ncc4c(C)c(C(C)=O)c(=O)n(C5CCCC5)c4n3)nc2)CC1=O. The summed E-state index contributed by atoms with van der Waals surface area (Å²) in [5, 5.41) is 3.87. The molecule has 0 unspecified atom stereocenters. The van der Waals surface area contributed by atoms with Crippen LogP contribution in [0.4, 0.5) is 11.8 Å². The maximum atomic E-state index is 13.5. The van der Waals surface area contributed by atoms with Crippen LogP contribution in [0.2, 0.25) is 0 Å². The second kappa shape index (κ2) is 14.9. The van der Waals surface area contributed by atoms with Crippen molar-refractivity contribution >= 4 is 40.3 Å². The van der Waals surface area contributed by atoms with E-state index in [0.29, 0.717) is 60.1 Å². The second-order valence-corrected chi connectivity index (χ2v) is 12.4. The van der Waals surface area contributed by atoms with Gasteiger partial charge in [-0.2, -0.15) is 4.98 Å². The molecule has 2 aliphatic rings. The van der Waals surface area contributed by atoms with Gasteiger partial charge in [0.1, 0.15) is 17.2 Å². The van der Waals surface area contributed by atoms with Gasteiger partial charge in [-0.1, -0.05) is 38.7 Å². The predicted molar refractivity (Wildman–Crippen MR) is 174 cm³/mol. The molecule has 11 nitrogen and oxygen atoms in total. The molecule has 0 radical (unpaired) electrons. The van der Waals surface area contributed by atoms with Gasteiger partial charge in [0.2, 0.25) is 11.9 Å². The number of carbonyl (C=O) groups excluding carboxylic acids is 3. The highest BCUT2D eigenvalue weighted by Crippen LogP contribution is 2.32. The Morgan fingerprint density at radius 3 is 2.47 bits per heavy atom. The summed E-state index contributed by atoms with van der Waals surface area (Å²) in [6.07, 6.45) is 12.6. The number of amides is 1. The average Bonchev–Trinajstić information content (AvgIpc) is 3.55. The lowest BCUT2D eigenvalue weighted by molar-refractivity contribution is -0.136. The number of Topliss-reactive ketones (excluding diaryl/α,β-unsaturated/α-hetero) is 2.